The van der Waals surface area contributed by atoms with E-state index in [4.69, 9.17) is 14.2 Å². The number of nitrogens with zero attached hydrogens (tertiary/aromatic N) is 4. The Labute approximate surface area is 221 Å². The lowest BCUT2D eigenvalue weighted by atomic mass is 9.96. The summed E-state index contributed by atoms with van der Waals surface area (Å²) in [6.45, 7) is 7.37. The Bertz CT molecular complexity index is 1420. The van der Waals surface area contributed by atoms with Crippen LogP contribution in [-0.4, -0.2) is 89.6 Å². The number of ether oxygens (including phenoxy) is 3. The number of hydrogen-bond acceptors (Lipinski definition) is 8. The topological polar surface area (TPSA) is 106 Å². The van der Waals surface area contributed by atoms with Crippen LogP contribution >= 0.6 is 0 Å². The van der Waals surface area contributed by atoms with Crippen LogP contribution in [0, 0.1) is 13.8 Å². The van der Waals surface area contributed by atoms with Crippen LogP contribution in [0.1, 0.15) is 28.6 Å². The number of pyridine rings is 1. The number of aliphatic hydroxyl groups excluding tert-OH is 1. The Hall–Kier alpha value is -3.89. The van der Waals surface area contributed by atoms with Crippen LogP contribution in [0.2, 0.25) is 0 Å². The summed E-state index contributed by atoms with van der Waals surface area (Å²) in [4.78, 5) is 35.3. The van der Waals surface area contributed by atoms with E-state index in [-0.39, 0.29) is 11.3 Å². The highest BCUT2D eigenvalue weighted by Gasteiger charge is 2.46. The molecule has 4 heterocycles. The number of hydrogen-bond donors (Lipinski definition) is 1. The summed E-state index contributed by atoms with van der Waals surface area (Å²) in [5.74, 6) is -0.652. The summed E-state index contributed by atoms with van der Waals surface area (Å²) in [6.07, 6.45) is 1.79. The van der Waals surface area contributed by atoms with Gasteiger partial charge in [-0.3, -0.25) is 18.9 Å². The molecule has 0 unspecified atom stereocenters. The van der Waals surface area contributed by atoms with Crippen molar-refractivity contribution in [3.8, 4) is 11.5 Å². The number of carbonyl (C=O) groups excluding carboxylic acids is 2. The smallest absolute Gasteiger partial charge is 0.295 e. The molecular weight excluding hydrogens is 488 g/mol. The van der Waals surface area contributed by atoms with Crippen LogP contribution in [-0.2, 0) is 14.3 Å². The molecule has 0 bridgehead atoms. The zero-order valence-corrected chi connectivity index (χ0v) is 22.1. The van der Waals surface area contributed by atoms with Gasteiger partial charge >= 0.3 is 0 Å². The molecule has 10 heteroatoms. The van der Waals surface area contributed by atoms with Gasteiger partial charge in [-0.05, 0) is 43.2 Å². The molecule has 3 aromatic rings. The highest BCUT2D eigenvalue weighted by molar-refractivity contribution is 6.46. The summed E-state index contributed by atoms with van der Waals surface area (Å²) < 4.78 is 18.1. The lowest BCUT2D eigenvalue weighted by Gasteiger charge is -2.31. The van der Waals surface area contributed by atoms with E-state index < -0.39 is 17.7 Å². The number of aliphatic hydroxyl groups is 1. The molecule has 2 aliphatic heterocycles. The third-order valence-corrected chi connectivity index (χ3v) is 7.27. The van der Waals surface area contributed by atoms with Crippen molar-refractivity contribution in [1.82, 2.24) is 19.2 Å². The monoisotopic (exact) mass is 520 g/mol. The first-order valence-corrected chi connectivity index (χ1v) is 12.6. The molecule has 0 spiro atoms. The molecule has 0 aliphatic carbocycles. The molecule has 2 fully saturated rings. The number of aromatic nitrogens is 2. The van der Waals surface area contributed by atoms with Crippen LogP contribution in [0.15, 0.2) is 42.1 Å². The standard InChI is InChI=1S/C28H32N4O6/c1-17-6-5-9-31-23(18(2)29-27(17)31)25(33)22-24(19-7-8-20(36-3)21(16-19)37-4)32(28(35)26(22)34)11-10-30-12-14-38-15-13-30/h5-9,16,24,33H,10-15H2,1-4H3/t24-/m1/s1. The molecule has 2 aliphatic rings. The van der Waals surface area contributed by atoms with Crippen molar-refractivity contribution >= 4 is 23.1 Å². The third kappa shape index (κ3) is 4.39. The molecule has 1 amide bonds. The Morgan fingerprint density at radius 3 is 2.53 bits per heavy atom. The molecule has 5 rings (SSSR count). The number of morpholine rings is 1. The summed E-state index contributed by atoms with van der Waals surface area (Å²) >= 11 is 0. The van der Waals surface area contributed by atoms with E-state index >= 15 is 0 Å². The fourth-order valence-corrected chi connectivity index (χ4v) is 5.28. The van der Waals surface area contributed by atoms with Crippen molar-refractivity contribution in [2.24, 2.45) is 0 Å². The Kier molecular flexibility index (Phi) is 7.09. The number of rotatable bonds is 7. The fraction of sp³-hybridized carbons (Fsp3) is 0.393. The van der Waals surface area contributed by atoms with E-state index in [9.17, 15) is 14.7 Å². The zero-order chi connectivity index (χ0) is 27.0. The fourth-order valence-electron chi connectivity index (χ4n) is 5.28. The number of imidazole rings is 1. The van der Waals surface area contributed by atoms with E-state index in [2.05, 4.69) is 9.88 Å². The summed E-state index contributed by atoms with van der Waals surface area (Å²) in [7, 11) is 3.07. The molecule has 0 saturated carbocycles. The number of fused-ring (bicyclic) bond motifs is 1. The first kappa shape index (κ1) is 25.7. The van der Waals surface area contributed by atoms with E-state index in [1.165, 1.54) is 12.0 Å². The number of Topliss-reactive ketones (excluding diaryl/α,β-unsaturated/α-hetero) is 1. The van der Waals surface area contributed by atoms with Crippen LogP contribution in [0.5, 0.6) is 11.5 Å². The summed E-state index contributed by atoms with van der Waals surface area (Å²) in [5, 5.41) is 11.7. The predicted molar refractivity (Wildman–Crippen MR) is 140 cm³/mol. The van der Waals surface area contributed by atoms with Crippen molar-refractivity contribution < 1.29 is 28.9 Å². The minimum Gasteiger partial charge on any atom is -0.505 e. The largest absolute Gasteiger partial charge is 0.505 e. The van der Waals surface area contributed by atoms with Gasteiger partial charge in [0.25, 0.3) is 11.7 Å². The van der Waals surface area contributed by atoms with E-state index in [1.54, 1.807) is 42.8 Å². The van der Waals surface area contributed by atoms with E-state index in [1.807, 2.05) is 19.1 Å². The number of amides is 1. The first-order valence-electron chi connectivity index (χ1n) is 12.6. The average Bonchev–Trinajstić information content (AvgIpc) is 3.41. The second kappa shape index (κ2) is 10.5. The highest BCUT2D eigenvalue weighted by Crippen LogP contribution is 2.42. The number of carbonyl (C=O) groups is 2. The molecule has 2 saturated heterocycles. The molecule has 200 valence electrons. The molecule has 1 atom stereocenters. The van der Waals surface area contributed by atoms with E-state index in [0.717, 1.165) is 18.7 Å². The average molecular weight is 521 g/mol. The minimum absolute atomic E-state index is 0.0237. The van der Waals surface area contributed by atoms with Crippen LogP contribution in [0.25, 0.3) is 11.4 Å². The second-order valence-electron chi connectivity index (χ2n) is 9.49. The molecule has 1 aromatic carbocycles. The molecule has 38 heavy (non-hydrogen) atoms. The van der Waals surface area contributed by atoms with Crippen molar-refractivity contribution in [2.75, 3.05) is 53.6 Å². The third-order valence-electron chi connectivity index (χ3n) is 7.27. The van der Waals surface area contributed by atoms with Gasteiger partial charge in [-0.2, -0.15) is 0 Å². The van der Waals surface area contributed by atoms with Crippen molar-refractivity contribution in [1.29, 1.82) is 0 Å². The van der Waals surface area contributed by atoms with Crippen LogP contribution in [0.3, 0.4) is 0 Å². The molecular formula is C28H32N4O6. The molecule has 0 radical (unpaired) electrons. The number of aryl methyl sites for hydroxylation is 2. The summed E-state index contributed by atoms with van der Waals surface area (Å²) in [6, 6.07) is 8.24. The Morgan fingerprint density at radius 2 is 1.82 bits per heavy atom. The molecule has 1 N–H and O–H groups in total. The zero-order valence-electron chi connectivity index (χ0n) is 22.1. The van der Waals surface area contributed by atoms with Crippen molar-refractivity contribution in [3.05, 3.63) is 64.6 Å². The minimum atomic E-state index is -0.814. The quantitative estimate of drug-likeness (QED) is 0.288. The first-order chi connectivity index (χ1) is 18.3. The van der Waals surface area contributed by atoms with Gasteiger partial charge in [-0.15, -0.1) is 0 Å². The highest BCUT2D eigenvalue weighted by atomic mass is 16.5. The lowest BCUT2D eigenvalue weighted by Crippen LogP contribution is -2.42. The van der Waals surface area contributed by atoms with Gasteiger partial charge in [0.2, 0.25) is 0 Å². The van der Waals surface area contributed by atoms with Gasteiger partial charge in [-0.1, -0.05) is 12.1 Å². The normalized spacial score (nSPS) is 19.9. The Balaban J connectivity index is 1.65. The predicted octanol–water partition coefficient (Wildman–Crippen LogP) is 2.72. The number of benzene rings is 1. The van der Waals surface area contributed by atoms with Crippen molar-refractivity contribution in [2.45, 2.75) is 19.9 Å². The van der Waals surface area contributed by atoms with Gasteiger partial charge in [0, 0.05) is 32.4 Å². The second-order valence-corrected chi connectivity index (χ2v) is 9.49. The van der Waals surface area contributed by atoms with E-state index in [0.29, 0.717) is 60.4 Å². The molecule has 10 nitrogen and oxygen atoms in total. The number of ketones is 1. The van der Waals surface area contributed by atoms with Gasteiger partial charge in [0.15, 0.2) is 17.3 Å². The Morgan fingerprint density at radius 1 is 1.08 bits per heavy atom. The SMILES string of the molecule is COc1ccc([C@@H]2C(=C(O)c3c(C)nc4c(C)cccn34)C(=O)C(=O)N2CCN2CCOCC2)cc1OC. The van der Waals surface area contributed by atoms with Gasteiger partial charge in [-0.25, -0.2) is 4.98 Å². The maximum atomic E-state index is 13.6. The lowest BCUT2D eigenvalue weighted by molar-refractivity contribution is -0.140. The summed E-state index contributed by atoms with van der Waals surface area (Å²) in [5.41, 5.74) is 3.21. The van der Waals surface area contributed by atoms with Crippen LogP contribution in [0.4, 0.5) is 0 Å². The number of methoxy groups -OCH3 is 2. The molecule has 2 aromatic heterocycles. The van der Waals surface area contributed by atoms with Gasteiger partial charge < -0.3 is 24.2 Å². The van der Waals surface area contributed by atoms with Gasteiger partial charge in [0.05, 0.1) is 44.7 Å². The maximum Gasteiger partial charge on any atom is 0.295 e. The van der Waals surface area contributed by atoms with Gasteiger partial charge in [0.1, 0.15) is 11.3 Å². The van der Waals surface area contributed by atoms with Crippen molar-refractivity contribution in [3.63, 3.8) is 0 Å². The number of likely N-dealkylation sites (tertiary alicyclic amines) is 1. The maximum absolute atomic E-state index is 13.6. The van der Waals surface area contributed by atoms with Crippen LogP contribution < -0.4 is 9.47 Å².